The molecule has 2 N–H and O–H groups in total. The molecule has 1 rings (SSSR count). The summed E-state index contributed by atoms with van der Waals surface area (Å²) in [5.41, 5.74) is 5.52. The van der Waals surface area contributed by atoms with Crippen LogP contribution in [0, 0.1) is 0 Å². The van der Waals surface area contributed by atoms with E-state index >= 15 is 0 Å². The Morgan fingerprint density at radius 1 is 1.62 bits per heavy atom. The third-order valence-corrected chi connectivity index (χ3v) is 2.66. The first-order chi connectivity index (χ1) is 5.92. The Hall–Kier alpha value is -0.880. The van der Waals surface area contributed by atoms with Gasteiger partial charge in [-0.2, -0.15) is 0 Å². The smallest absolute Gasteiger partial charge is 0.234 e. The number of aliphatic imine (C=N–C) groups is 1. The number of rotatable bonds is 3. The minimum Gasteiger partial charge on any atom is -0.374 e. The second-order valence-electron chi connectivity index (χ2n) is 2.96. The number of ether oxygens (including phenoxy) is 1. The Balaban J connectivity index is 2.67. The Labute approximate surface area is 77.2 Å². The van der Waals surface area contributed by atoms with Crippen molar-refractivity contribution >= 4 is 15.0 Å². The van der Waals surface area contributed by atoms with Gasteiger partial charge in [-0.05, 0) is 13.8 Å². The molecule has 0 aromatic heterocycles. The van der Waals surface area contributed by atoms with E-state index in [1.165, 1.54) is 0 Å². The lowest BCUT2D eigenvalue weighted by Gasteiger charge is -2.04. The van der Waals surface area contributed by atoms with Crippen molar-refractivity contribution in [3.05, 3.63) is 11.1 Å². The van der Waals surface area contributed by atoms with E-state index in [4.69, 9.17) is 10.5 Å². The molecule has 5 nitrogen and oxygen atoms in total. The Morgan fingerprint density at radius 2 is 2.23 bits per heavy atom. The van der Waals surface area contributed by atoms with Gasteiger partial charge < -0.3 is 10.5 Å². The average molecular weight is 204 g/mol. The lowest BCUT2D eigenvalue weighted by Crippen LogP contribution is -2.18. The maximum Gasteiger partial charge on any atom is 0.234 e. The van der Waals surface area contributed by atoms with E-state index in [0.717, 1.165) is 5.41 Å². The van der Waals surface area contributed by atoms with Crippen molar-refractivity contribution in [1.29, 1.82) is 0 Å². The standard InChI is InChI=1S/C7H12N2O3S/c1-5(2)12-3-6-4-13(10,11)7(8)9-6/h4-5H,3H2,1-2H3,(H2,8,9). The topological polar surface area (TPSA) is 81.8 Å². The summed E-state index contributed by atoms with van der Waals surface area (Å²) in [6.45, 7) is 3.89. The molecule has 0 aromatic carbocycles. The minimum absolute atomic E-state index is 0.0422. The van der Waals surface area contributed by atoms with Gasteiger partial charge in [-0.25, -0.2) is 13.4 Å². The molecule has 1 heterocycles. The molecule has 6 heteroatoms. The third-order valence-electron chi connectivity index (χ3n) is 1.40. The van der Waals surface area contributed by atoms with Crippen LogP contribution in [0.4, 0.5) is 0 Å². The summed E-state index contributed by atoms with van der Waals surface area (Å²) in [6.07, 6.45) is 0.0422. The first kappa shape index (κ1) is 10.2. The monoisotopic (exact) mass is 204 g/mol. The van der Waals surface area contributed by atoms with Crippen LogP contribution in [0.3, 0.4) is 0 Å². The molecule has 0 aliphatic carbocycles. The van der Waals surface area contributed by atoms with Crippen LogP contribution in [0.5, 0.6) is 0 Å². The van der Waals surface area contributed by atoms with Crippen LogP contribution in [0.25, 0.3) is 0 Å². The Morgan fingerprint density at radius 3 is 2.62 bits per heavy atom. The number of sulfone groups is 1. The molecule has 0 aromatic rings. The first-order valence-corrected chi connectivity index (χ1v) is 5.38. The Kier molecular flexibility index (Phi) is 2.72. The van der Waals surface area contributed by atoms with Crippen molar-refractivity contribution in [1.82, 2.24) is 0 Å². The number of hydrogen-bond donors (Lipinski definition) is 1. The summed E-state index contributed by atoms with van der Waals surface area (Å²) in [5.74, 6) is 0. The fourth-order valence-electron chi connectivity index (χ4n) is 0.789. The van der Waals surface area contributed by atoms with Crippen molar-refractivity contribution < 1.29 is 13.2 Å². The highest BCUT2D eigenvalue weighted by molar-refractivity contribution is 8.09. The van der Waals surface area contributed by atoms with Crippen molar-refractivity contribution in [2.75, 3.05) is 6.61 Å². The molecule has 74 valence electrons. The highest BCUT2D eigenvalue weighted by atomic mass is 32.2. The summed E-state index contributed by atoms with van der Waals surface area (Å²) in [6, 6.07) is 0. The quantitative estimate of drug-likeness (QED) is 0.701. The molecule has 1 aliphatic heterocycles. The normalized spacial score (nSPS) is 20.2. The molecular weight excluding hydrogens is 192 g/mol. The summed E-state index contributed by atoms with van der Waals surface area (Å²) >= 11 is 0. The minimum atomic E-state index is -3.44. The molecule has 0 spiro atoms. The molecule has 0 amide bonds. The molecule has 0 atom stereocenters. The van der Waals surface area contributed by atoms with E-state index < -0.39 is 9.84 Å². The molecule has 0 saturated carbocycles. The second-order valence-corrected chi connectivity index (χ2v) is 4.71. The first-order valence-electron chi connectivity index (χ1n) is 3.83. The highest BCUT2D eigenvalue weighted by Gasteiger charge is 2.21. The largest absolute Gasteiger partial charge is 0.374 e. The molecule has 0 fully saturated rings. The van der Waals surface area contributed by atoms with Crippen LogP contribution < -0.4 is 5.73 Å². The van der Waals surface area contributed by atoms with Gasteiger partial charge in [-0.1, -0.05) is 0 Å². The third kappa shape index (κ3) is 2.53. The zero-order valence-corrected chi connectivity index (χ0v) is 8.34. The summed E-state index contributed by atoms with van der Waals surface area (Å²) in [4.78, 5) is 3.66. The average Bonchev–Trinajstić information content (AvgIpc) is 2.22. The summed E-state index contributed by atoms with van der Waals surface area (Å²) < 4.78 is 27.2. The SMILES string of the molecule is CC(C)OCC1=CS(=O)(=O)C(N)=N1. The number of amidine groups is 1. The fourth-order valence-corrected chi connectivity index (χ4v) is 1.63. The summed E-state index contributed by atoms with van der Waals surface area (Å²) in [5, 5.41) is 0.680. The van der Waals surface area contributed by atoms with Crippen LogP contribution >= 0.6 is 0 Å². The van der Waals surface area contributed by atoms with Gasteiger partial charge in [0.1, 0.15) is 0 Å². The van der Waals surface area contributed by atoms with Gasteiger partial charge in [0.15, 0.2) is 0 Å². The zero-order valence-electron chi connectivity index (χ0n) is 7.52. The number of nitrogens with two attached hydrogens (primary N) is 1. The second kappa shape index (κ2) is 3.47. The van der Waals surface area contributed by atoms with Crippen LogP contribution in [-0.2, 0) is 14.6 Å². The van der Waals surface area contributed by atoms with Crippen molar-refractivity contribution in [3.8, 4) is 0 Å². The predicted octanol–water partition coefficient (Wildman–Crippen LogP) is -0.00410. The van der Waals surface area contributed by atoms with Crippen LogP contribution in [-0.4, -0.2) is 26.3 Å². The molecule has 0 radical (unpaired) electrons. The van der Waals surface area contributed by atoms with Gasteiger partial charge in [-0.15, -0.1) is 0 Å². The van der Waals surface area contributed by atoms with E-state index in [2.05, 4.69) is 4.99 Å². The lowest BCUT2D eigenvalue weighted by molar-refractivity contribution is 0.0970. The maximum atomic E-state index is 11.0. The van der Waals surface area contributed by atoms with Crippen LogP contribution in [0.1, 0.15) is 13.8 Å². The van der Waals surface area contributed by atoms with Gasteiger partial charge in [0.25, 0.3) is 0 Å². The molecule has 1 aliphatic rings. The van der Waals surface area contributed by atoms with E-state index in [9.17, 15) is 8.42 Å². The molecule has 0 unspecified atom stereocenters. The molecule has 0 bridgehead atoms. The highest BCUT2D eigenvalue weighted by Crippen LogP contribution is 2.12. The van der Waals surface area contributed by atoms with Gasteiger partial charge in [0.05, 0.1) is 23.8 Å². The van der Waals surface area contributed by atoms with Gasteiger partial charge in [-0.3, -0.25) is 0 Å². The lowest BCUT2D eigenvalue weighted by atomic mass is 10.4. The number of nitrogens with zero attached hydrogens (tertiary/aromatic N) is 1. The van der Waals surface area contributed by atoms with Gasteiger partial charge in [0.2, 0.25) is 15.0 Å². The molecule has 13 heavy (non-hydrogen) atoms. The summed E-state index contributed by atoms with van der Waals surface area (Å²) in [7, 11) is -3.44. The number of hydrogen-bond acceptors (Lipinski definition) is 5. The zero-order chi connectivity index (χ0) is 10.1. The van der Waals surface area contributed by atoms with Gasteiger partial charge in [0, 0.05) is 0 Å². The van der Waals surface area contributed by atoms with Crippen LogP contribution in [0.15, 0.2) is 16.1 Å². The maximum absolute atomic E-state index is 11.0. The van der Waals surface area contributed by atoms with Crippen molar-refractivity contribution in [2.45, 2.75) is 20.0 Å². The molecular formula is C7H12N2O3S. The van der Waals surface area contributed by atoms with E-state index in [1.807, 2.05) is 13.8 Å². The fraction of sp³-hybridized carbons (Fsp3) is 0.571. The van der Waals surface area contributed by atoms with E-state index in [1.54, 1.807) is 0 Å². The van der Waals surface area contributed by atoms with Crippen LogP contribution in [0.2, 0.25) is 0 Å². The van der Waals surface area contributed by atoms with Crippen molar-refractivity contribution in [2.24, 2.45) is 10.7 Å². The van der Waals surface area contributed by atoms with Gasteiger partial charge >= 0.3 is 0 Å². The van der Waals surface area contributed by atoms with Crippen molar-refractivity contribution in [3.63, 3.8) is 0 Å². The van der Waals surface area contributed by atoms with E-state index in [-0.39, 0.29) is 17.9 Å². The predicted molar refractivity (Wildman–Crippen MR) is 49.7 cm³/mol. The van der Waals surface area contributed by atoms with E-state index in [0.29, 0.717) is 5.70 Å². The molecule has 0 saturated heterocycles. The Bertz CT molecular complexity index is 354.